The second-order valence-electron chi connectivity index (χ2n) is 8.87. The number of nitrogens with zero attached hydrogens (tertiary/aromatic N) is 7. The molecule has 0 aliphatic carbocycles. The number of nitrogens with one attached hydrogen (secondary N) is 1. The summed E-state index contributed by atoms with van der Waals surface area (Å²) in [6, 6.07) is 4.70. The number of H-pyrrole nitrogens is 1. The molecule has 0 saturated carbocycles. The standard InChI is InChI=1S/C23H23F3N8O/c1-14-21(15-8-29-30-9-15)33(17-12-35-13-17)7-6-32(14)20-4-5-27-22(31-20)18-10-28-19-3-2-16(11-34(18)19)23(24,25)26/h2-5,8-11,14,17,21H,6-7,12-13H2,1H3,(H,29,30)/t14-,21-/m0/s1. The van der Waals surface area contributed by atoms with Gasteiger partial charge in [-0.15, -0.1) is 0 Å². The van der Waals surface area contributed by atoms with Crippen molar-refractivity contribution in [3.8, 4) is 11.5 Å². The highest BCUT2D eigenvalue weighted by molar-refractivity contribution is 5.59. The number of rotatable bonds is 4. The Bertz CT molecular complexity index is 1330. The Hall–Kier alpha value is -3.51. The summed E-state index contributed by atoms with van der Waals surface area (Å²) in [6.45, 7) is 5.14. The van der Waals surface area contributed by atoms with Crippen molar-refractivity contribution in [1.29, 1.82) is 0 Å². The molecule has 2 atom stereocenters. The topological polar surface area (TPSA) is 87.5 Å². The Kier molecular flexibility index (Phi) is 5.22. The van der Waals surface area contributed by atoms with E-state index in [9.17, 15) is 13.2 Å². The summed E-state index contributed by atoms with van der Waals surface area (Å²) in [5, 5.41) is 7.07. The van der Waals surface area contributed by atoms with E-state index in [0.29, 0.717) is 42.2 Å². The average molecular weight is 484 g/mol. The lowest BCUT2D eigenvalue weighted by Gasteiger charge is -2.51. The van der Waals surface area contributed by atoms with Crippen LogP contribution in [0.15, 0.2) is 49.2 Å². The quantitative estimate of drug-likeness (QED) is 0.476. The van der Waals surface area contributed by atoms with E-state index in [1.165, 1.54) is 16.7 Å². The smallest absolute Gasteiger partial charge is 0.378 e. The van der Waals surface area contributed by atoms with E-state index in [0.717, 1.165) is 30.9 Å². The van der Waals surface area contributed by atoms with Gasteiger partial charge < -0.3 is 9.64 Å². The number of hydrogen-bond donors (Lipinski definition) is 1. The van der Waals surface area contributed by atoms with E-state index in [1.54, 1.807) is 6.20 Å². The van der Waals surface area contributed by atoms with Gasteiger partial charge in [0.05, 0.1) is 43.3 Å². The monoisotopic (exact) mass is 484 g/mol. The molecule has 12 heteroatoms. The summed E-state index contributed by atoms with van der Waals surface area (Å²) in [5.74, 6) is 1.03. The molecule has 2 saturated heterocycles. The summed E-state index contributed by atoms with van der Waals surface area (Å²) < 4.78 is 46.7. The predicted molar refractivity (Wildman–Crippen MR) is 121 cm³/mol. The van der Waals surface area contributed by atoms with Gasteiger partial charge in [0.2, 0.25) is 0 Å². The van der Waals surface area contributed by atoms with Crippen LogP contribution in [0, 0.1) is 0 Å². The molecule has 6 heterocycles. The van der Waals surface area contributed by atoms with Crippen LogP contribution in [0.5, 0.6) is 0 Å². The van der Waals surface area contributed by atoms with E-state index in [1.807, 2.05) is 18.5 Å². The first-order valence-corrected chi connectivity index (χ1v) is 11.4. The molecule has 0 radical (unpaired) electrons. The van der Waals surface area contributed by atoms with Gasteiger partial charge in [0.15, 0.2) is 5.82 Å². The molecule has 4 aromatic heterocycles. The molecule has 1 N–H and O–H groups in total. The molecule has 4 aromatic rings. The van der Waals surface area contributed by atoms with Crippen LogP contribution in [0.3, 0.4) is 0 Å². The number of aromatic nitrogens is 6. The van der Waals surface area contributed by atoms with E-state index in [-0.39, 0.29) is 12.1 Å². The van der Waals surface area contributed by atoms with Crippen LogP contribution in [0.4, 0.5) is 19.0 Å². The van der Waals surface area contributed by atoms with Gasteiger partial charge in [-0.05, 0) is 25.1 Å². The highest BCUT2D eigenvalue weighted by Gasteiger charge is 2.41. The zero-order valence-corrected chi connectivity index (χ0v) is 18.9. The SMILES string of the molecule is C[C@H]1[C@@H](c2cn[nH]c2)N(C2COC2)CCN1c1ccnc(-c2cnc3ccc(C(F)(F)F)cn23)n1. The van der Waals surface area contributed by atoms with Crippen LogP contribution in [0.25, 0.3) is 17.2 Å². The summed E-state index contributed by atoms with van der Waals surface area (Å²) in [5.41, 5.74) is 1.13. The number of piperazine rings is 1. The highest BCUT2D eigenvalue weighted by Crippen LogP contribution is 2.36. The minimum atomic E-state index is -4.46. The van der Waals surface area contributed by atoms with Gasteiger partial charge in [0.1, 0.15) is 17.2 Å². The van der Waals surface area contributed by atoms with Crippen LogP contribution in [-0.4, -0.2) is 72.8 Å². The Morgan fingerprint density at radius 1 is 1.09 bits per heavy atom. The van der Waals surface area contributed by atoms with Crippen molar-refractivity contribution in [3.63, 3.8) is 0 Å². The second kappa shape index (κ2) is 8.31. The first-order chi connectivity index (χ1) is 16.9. The Morgan fingerprint density at radius 3 is 2.66 bits per heavy atom. The maximum atomic E-state index is 13.3. The number of aromatic amines is 1. The second-order valence-corrected chi connectivity index (χ2v) is 8.87. The maximum Gasteiger partial charge on any atom is 0.417 e. The van der Waals surface area contributed by atoms with Crippen molar-refractivity contribution in [2.75, 3.05) is 31.2 Å². The maximum absolute atomic E-state index is 13.3. The molecule has 0 unspecified atom stereocenters. The zero-order chi connectivity index (χ0) is 24.2. The fourth-order valence-corrected chi connectivity index (χ4v) is 5.00. The Labute approximate surface area is 198 Å². The molecule has 2 aliphatic rings. The lowest BCUT2D eigenvalue weighted by molar-refractivity contribution is -0.137. The number of alkyl halides is 3. The fraction of sp³-hybridized carbons (Fsp3) is 0.391. The Balaban J connectivity index is 1.35. The first-order valence-electron chi connectivity index (χ1n) is 11.4. The summed E-state index contributed by atoms with van der Waals surface area (Å²) >= 11 is 0. The van der Waals surface area contributed by atoms with Crippen molar-refractivity contribution in [1.82, 2.24) is 34.4 Å². The van der Waals surface area contributed by atoms with Gasteiger partial charge in [-0.25, -0.2) is 15.0 Å². The van der Waals surface area contributed by atoms with Crippen molar-refractivity contribution >= 4 is 11.5 Å². The van der Waals surface area contributed by atoms with Crippen molar-refractivity contribution in [3.05, 3.63) is 60.3 Å². The number of imidazole rings is 1. The Morgan fingerprint density at radius 2 is 1.94 bits per heavy atom. The molecule has 9 nitrogen and oxygen atoms in total. The number of fused-ring (bicyclic) bond motifs is 1. The minimum absolute atomic E-state index is 0.0590. The van der Waals surface area contributed by atoms with Gasteiger partial charge in [-0.2, -0.15) is 18.3 Å². The number of anilines is 1. The van der Waals surface area contributed by atoms with Crippen LogP contribution in [-0.2, 0) is 10.9 Å². The summed E-state index contributed by atoms with van der Waals surface area (Å²) in [7, 11) is 0. The van der Waals surface area contributed by atoms with E-state index in [2.05, 4.69) is 36.9 Å². The number of ether oxygens (including phenoxy) is 1. The van der Waals surface area contributed by atoms with Gasteiger partial charge in [-0.1, -0.05) is 0 Å². The predicted octanol–water partition coefficient (Wildman–Crippen LogP) is 3.18. The van der Waals surface area contributed by atoms with Crippen molar-refractivity contribution < 1.29 is 17.9 Å². The molecule has 0 bridgehead atoms. The van der Waals surface area contributed by atoms with Gasteiger partial charge >= 0.3 is 6.18 Å². The number of pyridine rings is 1. The van der Waals surface area contributed by atoms with Crippen LogP contribution in [0.1, 0.15) is 24.1 Å². The third-order valence-electron chi connectivity index (χ3n) is 6.85. The van der Waals surface area contributed by atoms with E-state index >= 15 is 0 Å². The zero-order valence-electron chi connectivity index (χ0n) is 18.9. The van der Waals surface area contributed by atoms with Crippen molar-refractivity contribution in [2.24, 2.45) is 0 Å². The largest absolute Gasteiger partial charge is 0.417 e. The van der Waals surface area contributed by atoms with E-state index < -0.39 is 11.7 Å². The molecular formula is C23H23F3N8O. The molecule has 6 rings (SSSR count). The normalized spacial score (nSPS) is 22.0. The molecule has 2 aliphatic heterocycles. The van der Waals surface area contributed by atoms with Gasteiger partial charge in [-0.3, -0.25) is 14.4 Å². The number of hydrogen-bond acceptors (Lipinski definition) is 7. The number of halogens is 3. The average Bonchev–Trinajstić information content (AvgIpc) is 3.47. The molecule has 35 heavy (non-hydrogen) atoms. The van der Waals surface area contributed by atoms with Crippen LogP contribution in [0.2, 0.25) is 0 Å². The molecule has 182 valence electrons. The highest BCUT2D eigenvalue weighted by atomic mass is 19.4. The van der Waals surface area contributed by atoms with E-state index in [4.69, 9.17) is 9.72 Å². The molecule has 2 fully saturated rings. The third kappa shape index (κ3) is 3.82. The minimum Gasteiger partial charge on any atom is -0.378 e. The van der Waals surface area contributed by atoms with Gasteiger partial charge in [0, 0.05) is 43.3 Å². The summed E-state index contributed by atoms with van der Waals surface area (Å²) in [4.78, 5) is 18.0. The lowest BCUT2D eigenvalue weighted by Crippen LogP contribution is -2.61. The lowest BCUT2D eigenvalue weighted by atomic mass is 9.95. The van der Waals surface area contributed by atoms with Crippen LogP contribution >= 0.6 is 0 Å². The summed E-state index contributed by atoms with van der Waals surface area (Å²) in [6.07, 6.45) is 3.47. The molecular weight excluding hydrogens is 461 g/mol. The fourth-order valence-electron chi connectivity index (χ4n) is 5.00. The molecule has 0 amide bonds. The first kappa shape index (κ1) is 22.0. The molecule has 0 aromatic carbocycles. The van der Waals surface area contributed by atoms with Crippen LogP contribution < -0.4 is 4.90 Å². The third-order valence-corrected chi connectivity index (χ3v) is 6.85. The van der Waals surface area contributed by atoms with Crippen molar-refractivity contribution in [2.45, 2.75) is 31.2 Å². The molecule has 0 spiro atoms. The van der Waals surface area contributed by atoms with Gasteiger partial charge in [0.25, 0.3) is 0 Å².